The van der Waals surface area contributed by atoms with Crippen LogP contribution in [-0.4, -0.2) is 22.5 Å². The molecule has 0 spiro atoms. The summed E-state index contributed by atoms with van der Waals surface area (Å²) in [6.45, 7) is 11.7. The van der Waals surface area contributed by atoms with Gasteiger partial charge in [0.1, 0.15) is 0 Å². The van der Waals surface area contributed by atoms with Crippen molar-refractivity contribution in [2.45, 2.75) is 34.6 Å². The van der Waals surface area contributed by atoms with Gasteiger partial charge in [0.15, 0.2) is 0 Å². The van der Waals surface area contributed by atoms with E-state index in [0.717, 1.165) is 0 Å². The second-order valence-corrected chi connectivity index (χ2v) is 7.37. The van der Waals surface area contributed by atoms with Gasteiger partial charge < -0.3 is 8.85 Å². The van der Waals surface area contributed by atoms with Gasteiger partial charge in [0.05, 0.1) is 13.2 Å². The highest BCUT2D eigenvalue weighted by molar-refractivity contribution is 6.61. The third-order valence-corrected chi connectivity index (χ3v) is 5.07. The van der Waals surface area contributed by atoms with Gasteiger partial charge in [-0.15, -0.1) is 0 Å². The minimum atomic E-state index is -1.84. The summed E-state index contributed by atoms with van der Waals surface area (Å²) < 4.78 is 12.0. The number of aryl methyl sites for hydroxylation is 1. The molecule has 0 unspecified atom stereocenters. The van der Waals surface area contributed by atoms with Crippen molar-refractivity contribution >= 4 is 14.5 Å². The van der Waals surface area contributed by atoms with E-state index >= 15 is 0 Å². The molecule has 3 heteroatoms. The average molecular weight is 290 g/mol. The number of benzene rings is 1. The molecule has 0 amide bonds. The van der Waals surface area contributed by atoms with E-state index in [1.165, 1.54) is 21.9 Å². The van der Waals surface area contributed by atoms with Crippen LogP contribution in [0.1, 0.15) is 33.3 Å². The maximum Gasteiger partial charge on any atom is 0.356 e. The number of hydrogen-bond acceptors (Lipinski definition) is 2. The van der Waals surface area contributed by atoms with Gasteiger partial charge in [-0.2, -0.15) is 0 Å². The van der Waals surface area contributed by atoms with Gasteiger partial charge in [-0.25, -0.2) is 0 Å². The zero-order valence-electron chi connectivity index (χ0n) is 13.3. The third kappa shape index (κ3) is 6.33. The van der Waals surface area contributed by atoms with E-state index in [1.54, 1.807) is 0 Å². The molecule has 0 aromatic heterocycles. The first-order valence-electron chi connectivity index (χ1n) is 7.06. The maximum atomic E-state index is 6.01. The Morgan fingerprint density at radius 3 is 1.90 bits per heavy atom. The first-order valence-corrected chi connectivity index (χ1v) is 8.58. The van der Waals surface area contributed by atoms with Crippen LogP contribution in [0.4, 0.5) is 0 Å². The Morgan fingerprint density at radius 1 is 0.950 bits per heavy atom. The van der Waals surface area contributed by atoms with Crippen LogP contribution in [0.25, 0.3) is 0 Å². The van der Waals surface area contributed by atoms with Gasteiger partial charge in [0.25, 0.3) is 0 Å². The Bertz CT molecular complexity index is 448. The van der Waals surface area contributed by atoms with Crippen LogP contribution in [0, 0.1) is 6.92 Å². The van der Waals surface area contributed by atoms with Crippen molar-refractivity contribution in [1.82, 2.24) is 0 Å². The Kier molecular flexibility index (Phi) is 7.52. The fourth-order valence-corrected chi connectivity index (χ4v) is 3.42. The smallest absolute Gasteiger partial charge is 0.356 e. The molecule has 1 aromatic rings. The van der Waals surface area contributed by atoms with Crippen LogP contribution < -0.4 is 5.19 Å². The van der Waals surface area contributed by atoms with Gasteiger partial charge >= 0.3 is 9.28 Å². The zero-order chi connectivity index (χ0) is 15.0. The van der Waals surface area contributed by atoms with E-state index in [-0.39, 0.29) is 0 Å². The van der Waals surface area contributed by atoms with Crippen molar-refractivity contribution in [3.8, 4) is 0 Å². The summed E-state index contributed by atoms with van der Waals surface area (Å²) in [5, 5.41) is 1.23. The summed E-state index contributed by atoms with van der Waals surface area (Å²) in [6, 6.07) is 8.34. The lowest BCUT2D eigenvalue weighted by molar-refractivity contribution is 0.244. The van der Waals surface area contributed by atoms with Crippen molar-refractivity contribution in [2.75, 3.05) is 13.2 Å². The van der Waals surface area contributed by atoms with Crippen molar-refractivity contribution in [3.05, 3.63) is 53.1 Å². The quantitative estimate of drug-likeness (QED) is 0.566. The Labute approximate surface area is 125 Å². The maximum absolute atomic E-state index is 6.01. The number of rotatable bonds is 7. The van der Waals surface area contributed by atoms with Crippen LogP contribution in [0.15, 0.2) is 47.6 Å². The van der Waals surface area contributed by atoms with Crippen molar-refractivity contribution in [2.24, 2.45) is 0 Å². The van der Waals surface area contributed by atoms with Crippen LogP contribution in [0.2, 0.25) is 0 Å². The van der Waals surface area contributed by atoms with E-state index in [4.69, 9.17) is 8.85 Å². The van der Waals surface area contributed by atoms with Crippen molar-refractivity contribution < 1.29 is 8.85 Å². The van der Waals surface area contributed by atoms with E-state index in [0.29, 0.717) is 13.2 Å². The molecule has 0 atom stereocenters. The largest absolute Gasteiger partial charge is 0.389 e. The fraction of sp³-hybridized carbons (Fsp3) is 0.412. The van der Waals surface area contributed by atoms with E-state index < -0.39 is 9.28 Å². The molecule has 0 saturated carbocycles. The van der Waals surface area contributed by atoms with Gasteiger partial charge in [-0.05, 0) is 45.4 Å². The number of allylic oxidation sites excluding steroid dienone is 2. The summed E-state index contributed by atoms with van der Waals surface area (Å²) in [7, 11) is -1.84. The lowest BCUT2D eigenvalue weighted by Gasteiger charge is -2.17. The minimum Gasteiger partial charge on any atom is -0.389 e. The first-order chi connectivity index (χ1) is 9.50. The summed E-state index contributed by atoms with van der Waals surface area (Å²) in [6.07, 6.45) is 4.20. The molecule has 0 N–H and O–H groups in total. The first kappa shape index (κ1) is 16.9. The topological polar surface area (TPSA) is 18.5 Å². The van der Waals surface area contributed by atoms with Gasteiger partial charge in [-0.1, -0.05) is 47.6 Å². The molecule has 0 bridgehead atoms. The molecule has 0 aliphatic heterocycles. The van der Waals surface area contributed by atoms with Crippen LogP contribution in [0.5, 0.6) is 0 Å². The van der Waals surface area contributed by atoms with E-state index in [2.05, 4.69) is 71.0 Å². The summed E-state index contributed by atoms with van der Waals surface area (Å²) >= 11 is 0. The average Bonchev–Trinajstić information content (AvgIpc) is 2.37. The standard InChI is InChI=1S/C17H26O2Si/c1-14(2)10-12-18-20(19-13-11-15(3)4)17-9-7-6-8-16(17)5/h6-11,20H,12-13H2,1-5H3. The molecule has 0 aliphatic rings. The Hall–Kier alpha value is -1.16. The van der Waals surface area contributed by atoms with Gasteiger partial charge in [0.2, 0.25) is 0 Å². The minimum absolute atomic E-state index is 0.627. The summed E-state index contributed by atoms with van der Waals surface area (Å²) in [5.74, 6) is 0. The highest BCUT2D eigenvalue weighted by Gasteiger charge is 2.17. The lowest BCUT2D eigenvalue weighted by Crippen LogP contribution is -2.38. The monoisotopic (exact) mass is 290 g/mol. The fourth-order valence-electron chi connectivity index (χ4n) is 1.68. The molecule has 20 heavy (non-hydrogen) atoms. The van der Waals surface area contributed by atoms with E-state index in [9.17, 15) is 0 Å². The normalized spacial score (nSPS) is 10.5. The predicted molar refractivity (Wildman–Crippen MR) is 88.7 cm³/mol. The predicted octanol–water partition coefficient (Wildman–Crippen LogP) is 3.39. The lowest BCUT2D eigenvalue weighted by atomic mass is 10.2. The molecule has 1 aromatic carbocycles. The highest BCUT2D eigenvalue weighted by Crippen LogP contribution is 2.01. The number of hydrogen-bond donors (Lipinski definition) is 0. The van der Waals surface area contributed by atoms with Gasteiger partial charge in [0, 0.05) is 0 Å². The van der Waals surface area contributed by atoms with E-state index in [1.807, 2.05) is 0 Å². The van der Waals surface area contributed by atoms with Crippen LogP contribution in [0.3, 0.4) is 0 Å². The highest BCUT2D eigenvalue weighted by atomic mass is 28.3. The molecule has 0 fully saturated rings. The molecule has 0 aliphatic carbocycles. The zero-order valence-corrected chi connectivity index (χ0v) is 14.4. The molecule has 2 nitrogen and oxygen atoms in total. The van der Waals surface area contributed by atoms with Crippen LogP contribution in [-0.2, 0) is 8.85 Å². The Morgan fingerprint density at radius 2 is 1.45 bits per heavy atom. The summed E-state index contributed by atoms with van der Waals surface area (Å²) in [4.78, 5) is 0. The summed E-state index contributed by atoms with van der Waals surface area (Å²) in [5.41, 5.74) is 3.79. The molecule has 110 valence electrons. The van der Waals surface area contributed by atoms with Crippen molar-refractivity contribution in [1.29, 1.82) is 0 Å². The molecule has 0 radical (unpaired) electrons. The van der Waals surface area contributed by atoms with Crippen molar-refractivity contribution in [3.63, 3.8) is 0 Å². The molecule has 0 heterocycles. The molecule has 0 saturated heterocycles. The SMILES string of the molecule is CC(C)=CCO[SiH](OCC=C(C)C)c1ccccc1C. The van der Waals surface area contributed by atoms with Gasteiger partial charge in [-0.3, -0.25) is 0 Å². The third-order valence-electron chi connectivity index (χ3n) is 2.92. The molecular weight excluding hydrogens is 264 g/mol. The molecule has 1 rings (SSSR count). The molecular formula is C17H26O2Si. The Balaban J connectivity index is 2.76. The second-order valence-electron chi connectivity index (χ2n) is 5.42. The van der Waals surface area contributed by atoms with Crippen LogP contribution >= 0.6 is 0 Å². The second kappa shape index (κ2) is 8.90.